The molecule has 0 radical (unpaired) electrons. The second-order valence-electron chi connectivity index (χ2n) is 2.95. The molecule has 1 aromatic rings. The first-order valence-corrected chi connectivity index (χ1v) is 4.10. The van der Waals surface area contributed by atoms with Crippen molar-refractivity contribution in [3.8, 4) is 5.75 Å². The molecule has 1 saturated heterocycles. The smallest absolute Gasteiger partial charge is 0.152 e. The lowest BCUT2D eigenvalue weighted by Crippen LogP contribution is -2.15. The van der Waals surface area contributed by atoms with Gasteiger partial charge in [-0.1, -0.05) is 0 Å². The van der Waals surface area contributed by atoms with Crippen LogP contribution in [0, 0.1) is 0 Å². The first kappa shape index (κ1) is 7.49. The van der Waals surface area contributed by atoms with Gasteiger partial charge in [-0.15, -0.1) is 0 Å². The second-order valence-corrected chi connectivity index (χ2v) is 2.95. The molecule has 1 aromatic heterocycles. The molecule has 0 bridgehead atoms. The van der Waals surface area contributed by atoms with E-state index in [1.54, 1.807) is 0 Å². The van der Waals surface area contributed by atoms with E-state index >= 15 is 0 Å². The molecule has 0 spiro atoms. The van der Waals surface area contributed by atoms with Gasteiger partial charge < -0.3 is 10.4 Å². The van der Waals surface area contributed by atoms with Crippen molar-refractivity contribution in [1.29, 1.82) is 0 Å². The van der Waals surface area contributed by atoms with Crippen molar-refractivity contribution < 1.29 is 5.11 Å². The molecule has 0 aliphatic carbocycles. The van der Waals surface area contributed by atoms with Crippen LogP contribution in [0.1, 0.15) is 24.7 Å². The molecule has 0 amide bonds. The lowest BCUT2D eigenvalue weighted by atomic mass is 10.2. The lowest BCUT2D eigenvalue weighted by Gasteiger charge is -2.06. The molecule has 4 nitrogen and oxygen atoms in total. The van der Waals surface area contributed by atoms with Gasteiger partial charge in [-0.25, -0.2) is 9.97 Å². The van der Waals surface area contributed by atoms with Crippen molar-refractivity contribution in [2.75, 3.05) is 6.54 Å². The Kier molecular flexibility index (Phi) is 1.91. The molecular weight excluding hydrogens is 154 g/mol. The van der Waals surface area contributed by atoms with Crippen molar-refractivity contribution in [2.24, 2.45) is 0 Å². The molecule has 1 atom stereocenters. The van der Waals surface area contributed by atoms with Crippen LogP contribution in [0.25, 0.3) is 0 Å². The first-order chi connectivity index (χ1) is 5.86. The van der Waals surface area contributed by atoms with Crippen LogP contribution in [0.5, 0.6) is 5.75 Å². The molecule has 12 heavy (non-hydrogen) atoms. The maximum atomic E-state index is 8.95. The van der Waals surface area contributed by atoms with Crippen molar-refractivity contribution >= 4 is 0 Å². The van der Waals surface area contributed by atoms with E-state index in [0.717, 1.165) is 18.8 Å². The van der Waals surface area contributed by atoms with E-state index in [9.17, 15) is 0 Å². The van der Waals surface area contributed by atoms with Gasteiger partial charge in [-0.3, -0.25) is 0 Å². The van der Waals surface area contributed by atoms with Gasteiger partial charge in [0.1, 0.15) is 5.82 Å². The minimum absolute atomic E-state index is 0.122. The Labute approximate surface area is 70.7 Å². The van der Waals surface area contributed by atoms with Crippen molar-refractivity contribution in [1.82, 2.24) is 15.3 Å². The SMILES string of the molecule is Oc1cnc(C2CCCN2)nc1. The summed E-state index contributed by atoms with van der Waals surface area (Å²) >= 11 is 0. The predicted octanol–water partition coefficient (Wildman–Crippen LogP) is 0.607. The highest BCUT2D eigenvalue weighted by Gasteiger charge is 2.18. The summed E-state index contributed by atoms with van der Waals surface area (Å²) in [5.41, 5.74) is 0. The van der Waals surface area contributed by atoms with Crippen LogP contribution in [0.4, 0.5) is 0 Å². The van der Waals surface area contributed by atoms with Crippen molar-refractivity contribution in [2.45, 2.75) is 18.9 Å². The van der Waals surface area contributed by atoms with Crippen LogP contribution in [0.2, 0.25) is 0 Å². The van der Waals surface area contributed by atoms with E-state index in [1.807, 2.05) is 0 Å². The third-order valence-electron chi connectivity index (χ3n) is 2.03. The summed E-state index contributed by atoms with van der Waals surface area (Å²) in [5.74, 6) is 0.905. The number of aromatic hydroxyl groups is 1. The molecule has 1 unspecified atom stereocenters. The molecule has 4 heteroatoms. The lowest BCUT2D eigenvalue weighted by molar-refractivity contribution is 0.465. The van der Waals surface area contributed by atoms with Crippen LogP contribution >= 0.6 is 0 Å². The van der Waals surface area contributed by atoms with Crippen LogP contribution in [0.3, 0.4) is 0 Å². The third kappa shape index (κ3) is 1.38. The average Bonchev–Trinajstić information content (AvgIpc) is 2.58. The Morgan fingerprint density at radius 1 is 1.42 bits per heavy atom. The van der Waals surface area contributed by atoms with E-state index < -0.39 is 0 Å². The molecule has 1 aliphatic rings. The van der Waals surface area contributed by atoms with Gasteiger partial charge in [-0.2, -0.15) is 0 Å². The summed E-state index contributed by atoms with van der Waals surface area (Å²) in [6.07, 6.45) is 5.13. The van der Waals surface area contributed by atoms with E-state index in [4.69, 9.17) is 5.11 Å². The normalized spacial score (nSPS) is 22.8. The summed E-state index contributed by atoms with van der Waals surface area (Å²) in [6.45, 7) is 1.04. The number of aromatic nitrogens is 2. The number of rotatable bonds is 1. The fourth-order valence-electron chi connectivity index (χ4n) is 1.42. The van der Waals surface area contributed by atoms with Gasteiger partial charge in [0.15, 0.2) is 5.75 Å². The summed E-state index contributed by atoms with van der Waals surface area (Å²) in [6, 6.07) is 0.283. The van der Waals surface area contributed by atoms with Crippen molar-refractivity contribution in [3.63, 3.8) is 0 Å². The summed E-state index contributed by atoms with van der Waals surface area (Å²) in [7, 11) is 0. The Hall–Kier alpha value is -1.16. The Bertz CT molecular complexity index is 254. The van der Waals surface area contributed by atoms with Crippen LogP contribution in [0.15, 0.2) is 12.4 Å². The predicted molar refractivity (Wildman–Crippen MR) is 43.7 cm³/mol. The van der Waals surface area contributed by atoms with E-state index in [2.05, 4.69) is 15.3 Å². The zero-order valence-electron chi connectivity index (χ0n) is 6.70. The van der Waals surface area contributed by atoms with Gasteiger partial charge in [0.05, 0.1) is 18.4 Å². The van der Waals surface area contributed by atoms with Crippen LogP contribution < -0.4 is 5.32 Å². The topological polar surface area (TPSA) is 58.0 Å². The quantitative estimate of drug-likeness (QED) is 0.640. The number of hydrogen-bond acceptors (Lipinski definition) is 4. The number of hydrogen-bond donors (Lipinski definition) is 2. The zero-order valence-corrected chi connectivity index (χ0v) is 6.70. The van der Waals surface area contributed by atoms with Crippen LogP contribution in [-0.2, 0) is 0 Å². The maximum Gasteiger partial charge on any atom is 0.152 e. The highest BCUT2D eigenvalue weighted by atomic mass is 16.3. The largest absolute Gasteiger partial charge is 0.505 e. The molecule has 0 aromatic carbocycles. The summed E-state index contributed by atoms with van der Waals surface area (Å²) in [4.78, 5) is 8.07. The van der Waals surface area contributed by atoms with Gasteiger partial charge in [0, 0.05) is 0 Å². The highest BCUT2D eigenvalue weighted by Crippen LogP contribution is 2.19. The zero-order chi connectivity index (χ0) is 8.39. The van der Waals surface area contributed by atoms with E-state index in [1.165, 1.54) is 18.8 Å². The Morgan fingerprint density at radius 3 is 2.75 bits per heavy atom. The Morgan fingerprint density at radius 2 is 2.17 bits per heavy atom. The summed E-state index contributed by atoms with van der Waals surface area (Å²) < 4.78 is 0. The molecule has 1 aliphatic heterocycles. The summed E-state index contributed by atoms with van der Waals surface area (Å²) in [5, 5.41) is 12.2. The molecule has 1 fully saturated rings. The standard InChI is InChI=1S/C8H11N3O/c12-6-4-10-8(11-5-6)7-2-1-3-9-7/h4-5,7,9,12H,1-3H2. The van der Waals surface area contributed by atoms with Gasteiger partial charge in [-0.05, 0) is 19.4 Å². The monoisotopic (exact) mass is 165 g/mol. The van der Waals surface area contributed by atoms with E-state index in [0.29, 0.717) is 0 Å². The van der Waals surface area contributed by atoms with Crippen LogP contribution in [-0.4, -0.2) is 21.6 Å². The molecule has 64 valence electrons. The van der Waals surface area contributed by atoms with E-state index in [-0.39, 0.29) is 11.8 Å². The molecule has 0 saturated carbocycles. The van der Waals surface area contributed by atoms with Gasteiger partial charge in [0.2, 0.25) is 0 Å². The molecular formula is C8H11N3O. The molecule has 2 rings (SSSR count). The maximum absolute atomic E-state index is 8.95. The first-order valence-electron chi connectivity index (χ1n) is 4.10. The minimum atomic E-state index is 0.122. The molecule has 2 N–H and O–H groups in total. The van der Waals surface area contributed by atoms with Crippen molar-refractivity contribution in [3.05, 3.63) is 18.2 Å². The minimum Gasteiger partial charge on any atom is -0.505 e. The third-order valence-corrected chi connectivity index (χ3v) is 2.03. The number of nitrogens with one attached hydrogen (secondary N) is 1. The molecule has 2 heterocycles. The number of nitrogens with zero attached hydrogens (tertiary/aromatic N) is 2. The highest BCUT2D eigenvalue weighted by molar-refractivity contribution is 5.11. The fraction of sp³-hybridized carbons (Fsp3) is 0.500. The fourth-order valence-corrected chi connectivity index (χ4v) is 1.42. The van der Waals surface area contributed by atoms with Gasteiger partial charge in [0.25, 0.3) is 0 Å². The Balaban J connectivity index is 2.17. The van der Waals surface area contributed by atoms with Gasteiger partial charge >= 0.3 is 0 Å². The average molecular weight is 165 g/mol. The second kappa shape index (κ2) is 3.06.